The molecule has 8 heteroatoms. The molecule has 0 saturated heterocycles. The third-order valence-electron chi connectivity index (χ3n) is 5.12. The van der Waals surface area contributed by atoms with E-state index in [0.717, 1.165) is 4.57 Å². The molecule has 2 saturated carbocycles. The number of hydrogen-bond acceptors (Lipinski definition) is 4. The minimum absolute atomic E-state index is 0.0416. The van der Waals surface area contributed by atoms with E-state index in [4.69, 9.17) is 0 Å². The molecule has 2 fully saturated rings. The molecule has 0 atom stereocenters. The van der Waals surface area contributed by atoms with E-state index in [9.17, 15) is 14.4 Å². The van der Waals surface area contributed by atoms with Gasteiger partial charge in [-0.15, -0.1) is 0 Å². The van der Waals surface area contributed by atoms with Crippen molar-refractivity contribution in [2.24, 2.45) is 25.9 Å². The molecule has 128 valence electrons. The lowest BCUT2D eigenvalue weighted by molar-refractivity contribution is -0.122. The van der Waals surface area contributed by atoms with Crippen molar-refractivity contribution in [3.63, 3.8) is 0 Å². The van der Waals surface area contributed by atoms with Crippen LogP contribution in [0, 0.1) is 11.8 Å². The molecule has 24 heavy (non-hydrogen) atoms. The fraction of sp³-hybridized carbons (Fsp3) is 0.625. The number of carbonyl (C=O) groups is 1. The fourth-order valence-corrected chi connectivity index (χ4v) is 3.43. The normalized spacial score (nSPS) is 17.6. The molecule has 2 aliphatic carbocycles. The summed E-state index contributed by atoms with van der Waals surface area (Å²) in [7, 11) is 3.00. The van der Waals surface area contributed by atoms with Crippen molar-refractivity contribution in [1.29, 1.82) is 0 Å². The van der Waals surface area contributed by atoms with Gasteiger partial charge in [0.15, 0.2) is 11.2 Å². The Morgan fingerprint density at radius 1 is 1.21 bits per heavy atom. The molecular weight excluding hydrogens is 310 g/mol. The fourth-order valence-electron chi connectivity index (χ4n) is 3.43. The molecule has 0 unspecified atom stereocenters. The van der Waals surface area contributed by atoms with Crippen molar-refractivity contribution in [2.45, 2.75) is 38.3 Å². The highest BCUT2D eigenvalue weighted by Crippen LogP contribution is 2.44. The highest BCUT2D eigenvalue weighted by molar-refractivity contribution is 5.79. The van der Waals surface area contributed by atoms with Gasteiger partial charge in [0.1, 0.15) is 6.54 Å². The number of aryl methyl sites for hydroxylation is 1. The average molecular weight is 331 g/mol. The Hall–Kier alpha value is -2.38. The van der Waals surface area contributed by atoms with E-state index < -0.39 is 11.2 Å². The summed E-state index contributed by atoms with van der Waals surface area (Å²) in [6.07, 6.45) is 6.22. The molecule has 0 bridgehead atoms. The van der Waals surface area contributed by atoms with Crippen molar-refractivity contribution in [3.8, 4) is 0 Å². The molecule has 0 aliphatic heterocycles. The van der Waals surface area contributed by atoms with Crippen LogP contribution in [0.4, 0.5) is 0 Å². The largest absolute Gasteiger partial charge is 0.351 e. The Balaban J connectivity index is 1.61. The maximum atomic E-state index is 12.4. The van der Waals surface area contributed by atoms with Crippen LogP contribution < -0.4 is 16.6 Å². The Kier molecular flexibility index (Phi) is 3.36. The zero-order valence-electron chi connectivity index (χ0n) is 13.9. The third-order valence-corrected chi connectivity index (χ3v) is 5.12. The van der Waals surface area contributed by atoms with Crippen molar-refractivity contribution in [1.82, 2.24) is 24.0 Å². The van der Waals surface area contributed by atoms with Crippen molar-refractivity contribution in [3.05, 3.63) is 27.2 Å². The summed E-state index contributed by atoms with van der Waals surface area (Å²) in [6, 6.07) is 0.277. The first-order valence-electron chi connectivity index (χ1n) is 8.37. The molecule has 8 nitrogen and oxygen atoms in total. The Morgan fingerprint density at radius 2 is 1.83 bits per heavy atom. The van der Waals surface area contributed by atoms with Crippen LogP contribution in [0.5, 0.6) is 0 Å². The number of rotatable bonds is 5. The van der Waals surface area contributed by atoms with Gasteiger partial charge < -0.3 is 9.88 Å². The van der Waals surface area contributed by atoms with E-state index in [2.05, 4.69) is 10.3 Å². The monoisotopic (exact) mass is 331 g/mol. The van der Waals surface area contributed by atoms with Gasteiger partial charge in [0, 0.05) is 20.1 Å². The first-order chi connectivity index (χ1) is 11.5. The Bertz CT molecular complexity index is 918. The van der Waals surface area contributed by atoms with Crippen LogP contribution in [0.25, 0.3) is 11.2 Å². The van der Waals surface area contributed by atoms with Crippen LogP contribution >= 0.6 is 0 Å². The van der Waals surface area contributed by atoms with Crippen LogP contribution in [-0.2, 0) is 25.4 Å². The number of carbonyl (C=O) groups excluding carboxylic acids is 1. The number of amides is 1. The summed E-state index contributed by atoms with van der Waals surface area (Å²) in [6.45, 7) is 0.0416. The van der Waals surface area contributed by atoms with Crippen LogP contribution in [0.3, 0.4) is 0 Å². The highest BCUT2D eigenvalue weighted by Gasteiger charge is 2.42. The summed E-state index contributed by atoms with van der Waals surface area (Å²) in [5.74, 6) is 1.14. The van der Waals surface area contributed by atoms with Gasteiger partial charge in [-0.1, -0.05) is 0 Å². The van der Waals surface area contributed by atoms with Gasteiger partial charge in [-0.25, -0.2) is 9.78 Å². The molecule has 2 aliphatic rings. The average Bonchev–Trinajstić information content (AvgIpc) is 3.46. The maximum absolute atomic E-state index is 12.4. The Labute approximate surface area is 138 Å². The van der Waals surface area contributed by atoms with E-state index >= 15 is 0 Å². The molecule has 1 amide bonds. The van der Waals surface area contributed by atoms with Crippen LogP contribution in [0.15, 0.2) is 15.9 Å². The standard InChI is InChI=1S/C16H21N5O3/c1-19-14-13(15(23)20(2)16(19)24)21(8-17-14)7-11(22)18-12(9-3-4-9)10-5-6-10/h8-10,12H,3-7H2,1-2H3,(H,18,22). The van der Waals surface area contributed by atoms with E-state index in [-0.39, 0.29) is 24.0 Å². The number of fused-ring (bicyclic) bond motifs is 1. The van der Waals surface area contributed by atoms with Gasteiger partial charge >= 0.3 is 5.69 Å². The lowest BCUT2D eigenvalue weighted by Gasteiger charge is -2.17. The van der Waals surface area contributed by atoms with Crippen LogP contribution in [0.2, 0.25) is 0 Å². The smallest absolute Gasteiger partial charge is 0.332 e. The van der Waals surface area contributed by atoms with Gasteiger partial charge in [-0.2, -0.15) is 0 Å². The zero-order valence-corrected chi connectivity index (χ0v) is 13.9. The van der Waals surface area contributed by atoms with Crippen molar-refractivity contribution < 1.29 is 4.79 Å². The quantitative estimate of drug-likeness (QED) is 0.817. The summed E-state index contributed by atoms with van der Waals surface area (Å²) >= 11 is 0. The summed E-state index contributed by atoms with van der Waals surface area (Å²) in [4.78, 5) is 40.9. The molecule has 2 heterocycles. The van der Waals surface area contributed by atoms with Gasteiger partial charge in [0.2, 0.25) is 5.91 Å². The van der Waals surface area contributed by atoms with Gasteiger partial charge in [0.25, 0.3) is 5.56 Å². The van der Waals surface area contributed by atoms with Gasteiger partial charge in [-0.3, -0.25) is 18.7 Å². The van der Waals surface area contributed by atoms with Gasteiger partial charge in [0.05, 0.1) is 6.33 Å². The molecule has 1 N–H and O–H groups in total. The van der Waals surface area contributed by atoms with E-state index in [1.54, 1.807) is 7.05 Å². The predicted molar refractivity (Wildman–Crippen MR) is 87.6 cm³/mol. The van der Waals surface area contributed by atoms with E-state index in [1.807, 2.05) is 0 Å². The molecule has 0 radical (unpaired) electrons. The third kappa shape index (κ3) is 2.46. The van der Waals surface area contributed by atoms with Crippen LogP contribution in [0.1, 0.15) is 25.7 Å². The molecule has 2 aromatic rings. The SMILES string of the molecule is Cn1c(=O)c2c(ncn2CC(=O)NC(C2CC2)C2CC2)n(C)c1=O. The second-order valence-electron chi connectivity index (χ2n) is 7.02. The van der Waals surface area contributed by atoms with Crippen molar-refractivity contribution in [2.75, 3.05) is 0 Å². The molecule has 4 rings (SSSR count). The lowest BCUT2D eigenvalue weighted by atomic mass is 10.1. The summed E-state index contributed by atoms with van der Waals surface area (Å²) in [5.41, 5.74) is -0.273. The summed E-state index contributed by atoms with van der Waals surface area (Å²) in [5, 5.41) is 3.14. The number of aromatic nitrogens is 4. The number of nitrogens with one attached hydrogen (secondary N) is 1. The molecule has 0 aromatic carbocycles. The summed E-state index contributed by atoms with van der Waals surface area (Å²) < 4.78 is 3.89. The number of nitrogens with zero attached hydrogens (tertiary/aromatic N) is 4. The number of hydrogen-bond donors (Lipinski definition) is 1. The maximum Gasteiger partial charge on any atom is 0.332 e. The second-order valence-corrected chi connectivity index (χ2v) is 7.02. The topological polar surface area (TPSA) is 90.9 Å². The lowest BCUT2D eigenvalue weighted by Crippen LogP contribution is -2.41. The van der Waals surface area contributed by atoms with E-state index in [1.165, 1.54) is 48.2 Å². The number of imidazole rings is 1. The van der Waals surface area contributed by atoms with Crippen molar-refractivity contribution >= 4 is 17.1 Å². The minimum Gasteiger partial charge on any atom is -0.351 e. The van der Waals surface area contributed by atoms with E-state index in [0.29, 0.717) is 17.5 Å². The molecular formula is C16H21N5O3. The highest BCUT2D eigenvalue weighted by atomic mass is 16.2. The molecule has 0 spiro atoms. The first-order valence-corrected chi connectivity index (χ1v) is 8.37. The van der Waals surface area contributed by atoms with Crippen LogP contribution in [-0.4, -0.2) is 30.6 Å². The second kappa shape index (κ2) is 5.32. The first kappa shape index (κ1) is 15.2. The predicted octanol–water partition coefficient (Wildman–Crippen LogP) is -0.261. The zero-order chi connectivity index (χ0) is 17.0. The minimum atomic E-state index is -0.431. The Morgan fingerprint density at radius 3 is 2.42 bits per heavy atom. The van der Waals surface area contributed by atoms with Gasteiger partial charge in [-0.05, 0) is 37.5 Å². The molecule has 2 aromatic heterocycles.